The van der Waals surface area contributed by atoms with Crippen molar-refractivity contribution in [3.8, 4) is 0 Å². The van der Waals surface area contributed by atoms with Crippen LogP contribution in [0.15, 0.2) is 30.3 Å². The van der Waals surface area contributed by atoms with Crippen molar-refractivity contribution in [3.63, 3.8) is 0 Å². The maximum absolute atomic E-state index is 12.7. The topological polar surface area (TPSA) is 130 Å². The predicted molar refractivity (Wildman–Crippen MR) is 89.6 cm³/mol. The maximum atomic E-state index is 12.7. The van der Waals surface area contributed by atoms with Gasteiger partial charge in [-0.3, -0.25) is 13.8 Å². The van der Waals surface area contributed by atoms with Crippen molar-refractivity contribution in [2.24, 2.45) is 5.73 Å². The Balaban J connectivity index is 1.78. The van der Waals surface area contributed by atoms with Crippen LogP contribution in [0.2, 0.25) is 0 Å². The van der Waals surface area contributed by atoms with E-state index in [0.717, 1.165) is 4.90 Å². The Morgan fingerprint density at radius 1 is 1.32 bits per heavy atom. The standard InChI is InChI=1S/C16H19N3O5S/c1-16(2)11(15(22)23)19-13(21)10(14(19)25(16)24)18-12(20)9(17)8-6-4-3-5-7-8/h3-7,9-11,14H,17H2,1-2H3,(H,18,20)(H,22,23)/t9-,10+,11+,14-,25-/m1/s1. The van der Waals surface area contributed by atoms with Crippen molar-refractivity contribution in [1.82, 2.24) is 10.2 Å². The number of benzene rings is 1. The third-order valence-electron chi connectivity index (χ3n) is 4.73. The molecule has 2 aliphatic rings. The van der Waals surface area contributed by atoms with Crippen LogP contribution in [0.5, 0.6) is 0 Å². The molecule has 2 heterocycles. The smallest absolute Gasteiger partial charge is 0.328 e. The number of carbonyl (C=O) groups excluding carboxylic acids is 2. The van der Waals surface area contributed by atoms with Crippen molar-refractivity contribution in [1.29, 1.82) is 0 Å². The van der Waals surface area contributed by atoms with E-state index in [1.54, 1.807) is 44.2 Å². The number of hydrogen-bond acceptors (Lipinski definition) is 5. The van der Waals surface area contributed by atoms with Gasteiger partial charge in [0.1, 0.15) is 23.5 Å². The minimum Gasteiger partial charge on any atom is -0.480 e. The molecule has 0 aliphatic carbocycles. The number of fused-ring (bicyclic) bond motifs is 1. The monoisotopic (exact) mass is 365 g/mol. The number of aliphatic carboxylic acids is 1. The number of amides is 2. The summed E-state index contributed by atoms with van der Waals surface area (Å²) in [5.74, 6) is -2.33. The van der Waals surface area contributed by atoms with E-state index in [2.05, 4.69) is 5.32 Å². The second kappa shape index (κ2) is 5.92. The van der Waals surface area contributed by atoms with Crippen LogP contribution in [0.3, 0.4) is 0 Å². The summed E-state index contributed by atoms with van der Waals surface area (Å²) in [6.45, 7) is 3.09. The van der Waals surface area contributed by atoms with E-state index in [9.17, 15) is 23.7 Å². The number of carboxylic acids is 1. The summed E-state index contributed by atoms with van der Waals surface area (Å²) in [4.78, 5) is 37.3. The Morgan fingerprint density at radius 3 is 2.48 bits per heavy atom. The third kappa shape index (κ3) is 2.54. The molecule has 1 aromatic rings. The van der Waals surface area contributed by atoms with Crippen LogP contribution in [-0.4, -0.2) is 54.2 Å². The van der Waals surface area contributed by atoms with E-state index < -0.39 is 56.8 Å². The number of β-lactam (4-membered cyclic amide) rings is 1. The molecule has 2 amide bonds. The fourth-order valence-corrected chi connectivity index (χ4v) is 5.27. The van der Waals surface area contributed by atoms with Gasteiger partial charge in [0.2, 0.25) is 11.8 Å². The van der Waals surface area contributed by atoms with Gasteiger partial charge in [0.25, 0.3) is 0 Å². The first-order chi connectivity index (χ1) is 11.7. The zero-order valence-corrected chi connectivity index (χ0v) is 14.5. The van der Waals surface area contributed by atoms with Crippen molar-refractivity contribution < 1.29 is 23.7 Å². The highest BCUT2D eigenvalue weighted by atomic mass is 32.2. The van der Waals surface area contributed by atoms with Gasteiger partial charge in [-0.05, 0) is 19.4 Å². The lowest BCUT2D eigenvalue weighted by Crippen LogP contribution is -2.72. The van der Waals surface area contributed by atoms with Gasteiger partial charge in [-0.15, -0.1) is 0 Å². The largest absolute Gasteiger partial charge is 0.480 e. The quantitative estimate of drug-likeness (QED) is 0.607. The summed E-state index contributed by atoms with van der Waals surface area (Å²) in [5, 5.41) is 11.0. The summed E-state index contributed by atoms with van der Waals surface area (Å²) >= 11 is 0. The Bertz CT molecular complexity index is 766. The first-order valence-electron chi connectivity index (χ1n) is 7.74. The zero-order chi connectivity index (χ0) is 18.5. The van der Waals surface area contributed by atoms with E-state index in [0.29, 0.717) is 5.56 Å². The predicted octanol–water partition coefficient (Wildman–Crippen LogP) is -0.666. The first kappa shape index (κ1) is 17.6. The lowest BCUT2D eigenvalue weighted by molar-refractivity contribution is -0.161. The molecular weight excluding hydrogens is 346 g/mol. The average Bonchev–Trinajstić information content (AvgIpc) is 2.77. The van der Waals surface area contributed by atoms with Crippen LogP contribution in [0.4, 0.5) is 0 Å². The Labute approximate surface area is 146 Å². The second-order valence-electron chi connectivity index (χ2n) is 6.65. The van der Waals surface area contributed by atoms with Gasteiger partial charge in [0.05, 0.1) is 15.5 Å². The number of nitrogens with one attached hydrogen (secondary N) is 1. The lowest BCUT2D eigenvalue weighted by atomic mass is 9.95. The highest BCUT2D eigenvalue weighted by Gasteiger charge is 2.68. The van der Waals surface area contributed by atoms with E-state index >= 15 is 0 Å². The second-order valence-corrected chi connectivity index (χ2v) is 8.78. The minimum atomic E-state index is -1.63. The average molecular weight is 365 g/mol. The number of carboxylic acid groups (broad SMARTS) is 1. The fraction of sp³-hybridized carbons (Fsp3) is 0.438. The Kier molecular flexibility index (Phi) is 4.16. The fourth-order valence-electron chi connectivity index (χ4n) is 3.35. The molecule has 2 aliphatic heterocycles. The molecule has 1 aromatic carbocycles. The molecule has 4 N–H and O–H groups in total. The van der Waals surface area contributed by atoms with Gasteiger partial charge in [-0.25, -0.2) is 4.79 Å². The van der Waals surface area contributed by atoms with Gasteiger partial charge in [-0.1, -0.05) is 30.3 Å². The van der Waals surface area contributed by atoms with E-state index in [-0.39, 0.29) is 0 Å². The number of nitrogens with two attached hydrogens (primary N) is 1. The van der Waals surface area contributed by atoms with Crippen LogP contribution < -0.4 is 11.1 Å². The van der Waals surface area contributed by atoms with Gasteiger partial charge < -0.3 is 21.1 Å². The highest BCUT2D eigenvalue weighted by Crippen LogP contribution is 2.43. The van der Waals surface area contributed by atoms with Crippen LogP contribution in [-0.2, 0) is 25.2 Å². The molecule has 2 fully saturated rings. The summed E-state index contributed by atoms with van der Waals surface area (Å²) in [6, 6.07) is 5.48. The Hall–Kier alpha value is -2.26. The third-order valence-corrected chi connectivity index (χ3v) is 6.93. The normalized spacial score (nSPS) is 31.0. The summed E-state index contributed by atoms with van der Waals surface area (Å²) in [6.07, 6.45) is 0. The molecule has 3 rings (SSSR count). The molecule has 0 aromatic heterocycles. The SMILES string of the molecule is CC1(C)[C@H](C(=O)O)N2C(=O)[C@H](NC(=O)[C@H](N)c3ccccc3)[C@H]2[S@]1=O. The van der Waals surface area contributed by atoms with Crippen LogP contribution >= 0.6 is 0 Å². The highest BCUT2D eigenvalue weighted by molar-refractivity contribution is 7.87. The van der Waals surface area contributed by atoms with Crippen LogP contribution in [0.25, 0.3) is 0 Å². The zero-order valence-electron chi connectivity index (χ0n) is 13.7. The molecule has 9 heteroatoms. The number of rotatable bonds is 4. The van der Waals surface area contributed by atoms with Gasteiger partial charge in [0.15, 0.2) is 0 Å². The molecule has 2 saturated heterocycles. The molecule has 0 radical (unpaired) electrons. The lowest BCUT2D eigenvalue weighted by Gasteiger charge is -2.43. The number of carbonyl (C=O) groups is 3. The molecule has 0 unspecified atom stereocenters. The van der Waals surface area contributed by atoms with Crippen molar-refractivity contribution in [2.75, 3.05) is 0 Å². The van der Waals surface area contributed by atoms with Gasteiger partial charge in [0, 0.05) is 0 Å². The van der Waals surface area contributed by atoms with Gasteiger partial charge in [-0.2, -0.15) is 0 Å². The van der Waals surface area contributed by atoms with Crippen LogP contribution in [0, 0.1) is 0 Å². The molecule has 25 heavy (non-hydrogen) atoms. The molecule has 0 bridgehead atoms. The minimum absolute atomic E-state index is 0.551. The number of nitrogens with zero attached hydrogens (tertiary/aromatic N) is 1. The number of hydrogen-bond donors (Lipinski definition) is 3. The molecular formula is C16H19N3O5S. The van der Waals surface area contributed by atoms with Crippen molar-refractivity contribution in [3.05, 3.63) is 35.9 Å². The van der Waals surface area contributed by atoms with E-state index in [1.165, 1.54) is 0 Å². The van der Waals surface area contributed by atoms with Crippen molar-refractivity contribution >= 4 is 28.6 Å². The van der Waals surface area contributed by atoms with Crippen molar-refractivity contribution in [2.45, 2.75) is 42.1 Å². The molecule has 0 spiro atoms. The van der Waals surface area contributed by atoms with Gasteiger partial charge >= 0.3 is 5.97 Å². The van der Waals surface area contributed by atoms with Crippen LogP contribution in [0.1, 0.15) is 25.5 Å². The Morgan fingerprint density at radius 2 is 1.92 bits per heavy atom. The first-order valence-corrected chi connectivity index (χ1v) is 8.95. The summed E-state index contributed by atoms with van der Waals surface area (Å²) in [7, 11) is -1.63. The molecule has 0 saturated carbocycles. The molecule has 8 nitrogen and oxygen atoms in total. The van der Waals surface area contributed by atoms with E-state index in [1.807, 2.05) is 0 Å². The maximum Gasteiger partial charge on any atom is 0.328 e. The summed E-state index contributed by atoms with van der Waals surface area (Å²) in [5.41, 5.74) is 6.49. The van der Waals surface area contributed by atoms with E-state index in [4.69, 9.17) is 5.73 Å². The summed E-state index contributed by atoms with van der Waals surface area (Å²) < 4.78 is 11.5. The molecule has 134 valence electrons. The molecule has 5 atom stereocenters.